The van der Waals surface area contributed by atoms with Crippen LogP contribution in [0.15, 0.2) is 18.3 Å². The standard InChI is InChI=1S/C12H20N2O/c1-2-14-9-3-4-11(14)12(15)10-5-7-13-8-6-10/h3-4,9-10,12-13,15H,2,5-8H2,1H3. The lowest BCUT2D eigenvalue weighted by Crippen LogP contribution is -2.31. The molecule has 1 saturated heterocycles. The monoisotopic (exact) mass is 208 g/mol. The summed E-state index contributed by atoms with van der Waals surface area (Å²) in [5.41, 5.74) is 1.07. The Hall–Kier alpha value is -0.800. The van der Waals surface area contributed by atoms with Crippen LogP contribution < -0.4 is 5.32 Å². The predicted molar refractivity (Wildman–Crippen MR) is 60.7 cm³/mol. The molecule has 2 N–H and O–H groups in total. The molecule has 3 nitrogen and oxygen atoms in total. The molecule has 0 aromatic carbocycles. The van der Waals surface area contributed by atoms with Gasteiger partial charge < -0.3 is 15.0 Å². The Balaban J connectivity index is 2.08. The summed E-state index contributed by atoms with van der Waals surface area (Å²) in [6.45, 7) is 5.12. The van der Waals surface area contributed by atoms with Gasteiger partial charge in [0.05, 0.1) is 6.10 Å². The highest BCUT2D eigenvalue weighted by Gasteiger charge is 2.24. The Morgan fingerprint density at radius 2 is 2.27 bits per heavy atom. The van der Waals surface area contributed by atoms with Crippen LogP contribution in [0.3, 0.4) is 0 Å². The van der Waals surface area contributed by atoms with Crippen LogP contribution in [-0.2, 0) is 6.54 Å². The summed E-state index contributed by atoms with van der Waals surface area (Å²) >= 11 is 0. The molecule has 1 atom stereocenters. The molecular weight excluding hydrogens is 188 g/mol. The number of nitrogens with zero attached hydrogens (tertiary/aromatic N) is 1. The van der Waals surface area contributed by atoms with E-state index in [2.05, 4.69) is 16.8 Å². The Morgan fingerprint density at radius 3 is 2.93 bits per heavy atom. The summed E-state index contributed by atoms with van der Waals surface area (Å²) in [5.74, 6) is 0.423. The minimum Gasteiger partial charge on any atom is -0.387 e. The average Bonchev–Trinajstić information content (AvgIpc) is 2.77. The molecule has 1 fully saturated rings. The normalized spacial score (nSPS) is 20.4. The molecule has 0 radical (unpaired) electrons. The second-order valence-corrected chi connectivity index (χ2v) is 4.25. The number of aryl methyl sites for hydroxylation is 1. The number of aliphatic hydroxyl groups is 1. The minimum atomic E-state index is -0.290. The molecule has 0 amide bonds. The van der Waals surface area contributed by atoms with Gasteiger partial charge in [-0.05, 0) is 50.9 Å². The second kappa shape index (κ2) is 4.81. The number of hydrogen-bond donors (Lipinski definition) is 2. The third-order valence-electron chi connectivity index (χ3n) is 3.34. The zero-order valence-corrected chi connectivity index (χ0v) is 9.32. The van der Waals surface area contributed by atoms with Crippen LogP contribution in [0.1, 0.15) is 31.6 Å². The first-order valence-corrected chi connectivity index (χ1v) is 5.86. The van der Waals surface area contributed by atoms with Crippen molar-refractivity contribution >= 4 is 0 Å². The maximum Gasteiger partial charge on any atom is 0.0968 e. The van der Waals surface area contributed by atoms with E-state index in [9.17, 15) is 5.11 Å². The number of aliphatic hydroxyl groups excluding tert-OH is 1. The fraction of sp³-hybridized carbons (Fsp3) is 0.667. The molecular formula is C12H20N2O. The number of piperidine rings is 1. The third kappa shape index (κ3) is 2.24. The molecule has 0 spiro atoms. The highest BCUT2D eigenvalue weighted by Crippen LogP contribution is 2.28. The van der Waals surface area contributed by atoms with Gasteiger partial charge in [0, 0.05) is 18.4 Å². The van der Waals surface area contributed by atoms with E-state index in [4.69, 9.17) is 0 Å². The summed E-state index contributed by atoms with van der Waals surface area (Å²) in [4.78, 5) is 0. The van der Waals surface area contributed by atoms with Crippen LogP contribution in [-0.4, -0.2) is 22.8 Å². The molecule has 1 aliphatic rings. The first-order chi connectivity index (χ1) is 7.33. The van der Waals surface area contributed by atoms with E-state index in [1.54, 1.807) is 0 Å². The first kappa shape index (κ1) is 10.7. The summed E-state index contributed by atoms with van der Waals surface area (Å²) in [6, 6.07) is 4.05. The Morgan fingerprint density at radius 1 is 1.53 bits per heavy atom. The van der Waals surface area contributed by atoms with Crippen molar-refractivity contribution in [3.05, 3.63) is 24.0 Å². The van der Waals surface area contributed by atoms with Crippen molar-refractivity contribution < 1.29 is 5.11 Å². The van der Waals surface area contributed by atoms with Gasteiger partial charge in [-0.25, -0.2) is 0 Å². The van der Waals surface area contributed by atoms with Crippen LogP contribution >= 0.6 is 0 Å². The topological polar surface area (TPSA) is 37.2 Å². The molecule has 3 heteroatoms. The zero-order valence-electron chi connectivity index (χ0n) is 9.32. The van der Waals surface area contributed by atoms with Gasteiger partial charge in [0.1, 0.15) is 0 Å². The van der Waals surface area contributed by atoms with Crippen molar-refractivity contribution in [3.8, 4) is 0 Å². The molecule has 15 heavy (non-hydrogen) atoms. The van der Waals surface area contributed by atoms with E-state index < -0.39 is 0 Å². The Labute approximate surface area is 91.1 Å². The van der Waals surface area contributed by atoms with E-state index >= 15 is 0 Å². The van der Waals surface area contributed by atoms with Crippen molar-refractivity contribution in [2.75, 3.05) is 13.1 Å². The van der Waals surface area contributed by atoms with Gasteiger partial charge in [0.25, 0.3) is 0 Å². The van der Waals surface area contributed by atoms with E-state index in [1.165, 1.54) is 0 Å². The lowest BCUT2D eigenvalue weighted by molar-refractivity contribution is 0.0820. The maximum absolute atomic E-state index is 10.3. The van der Waals surface area contributed by atoms with Gasteiger partial charge in [-0.2, -0.15) is 0 Å². The van der Waals surface area contributed by atoms with Gasteiger partial charge in [-0.3, -0.25) is 0 Å². The van der Waals surface area contributed by atoms with Crippen LogP contribution in [0.4, 0.5) is 0 Å². The fourth-order valence-electron chi connectivity index (χ4n) is 2.39. The summed E-state index contributed by atoms with van der Waals surface area (Å²) in [7, 11) is 0. The second-order valence-electron chi connectivity index (χ2n) is 4.25. The van der Waals surface area contributed by atoms with Gasteiger partial charge in [-0.1, -0.05) is 0 Å². The van der Waals surface area contributed by atoms with Crippen LogP contribution in [0, 0.1) is 5.92 Å². The molecule has 1 unspecified atom stereocenters. The highest BCUT2D eigenvalue weighted by molar-refractivity contribution is 5.11. The van der Waals surface area contributed by atoms with Crippen molar-refractivity contribution in [1.29, 1.82) is 0 Å². The zero-order chi connectivity index (χ0) is 10.7. The van der Waals surface area contributed by atoms with Crippen molar-refractivity contribution in [3.63, 3.8) is 0 Å². The highest BCUT2D eigenvalue weighted by atomic mass is 16.3. The molecule has 2 rings (SSSR count). The lowest BCUT2D eigenvalue weighted by atomic mass is 9.90. The molecule has 1 aromatic rings. The van der Waals surface area contributed by atoms with E-state index in [-0.39, 0.29) is 6.10 Å². The SMILES string of the molecule is CCn1cccc1C(O)C1CCNCC1. The molecule has 2 heterocycles. The molecule has 1 aromatic heterocycles. The Kier molecular flexibility index (Phi) is 3.44. The van der Waals surface area contributed by atoms with Crippen molar-refractivity contribution in [2.45, 2.75) is 32.4 Å². The average molecular weight is 208 g/mol. The van der Waals surface area contributed by atoms with Crippen LogP contribution in [0.25, 0.3) is 0 Å². The summed E-state index contributed by atoms with van der Waals surface area (Å²) < 4.78 is 2.13. The van der Waals surface area contributed by atoms with E-state index in [0.29, 0.717) is 5.92 Å². The number of aromatic nitrogens is 1. The van der Waals surface area contributed by atoms with Crippen LogP contribution in [0.5, 0.6) is 0 Å². The molecule has 0 saturated carbocycles. The van der Waals surface area contributed by atoms with Gasteiger partial charge in [-0.15, -0.1) is 0 Å². The smallest absolute Gasteiger partial charge is 0.0968 e. The van der Waals surface area contributed by atoms with Crippen molar-refractivity contribution in [1.82, 2.24) is 9.88 Å². The van der Waals surface area contributed by atoms with Gasteiger partial charge in [0.2, 0.25) is 0 Å². The lowest BCUT2D eigenvalue weighted by Gasteiger charge is -2.27. The van der Waals surface area contributed by atoms with E-state index in [0.717, 1.165) is 38.2 Å². The summed E-state index contributed by atoms with van der Waals surface area (Å²) in [5, 5.41) is 13.6. The molecule has 0 bridgehead atoms. The van der Waals surface area contributed by atoms with Gasteiger partial charge in [0.15, 0.2) is 0 Å². The quantitative estimate of drug-likeness (QED) is 0.790. The number of rotatable bonds is 3. The first-order valence-electron chi connectivity index (χ1n) is 5.86. The molecule has 84 valence electrons. The number of nitrogens with one attached hydrogen (secondary N) is 1. The number of hydrogen-bond acceptors (Lipinski definition) is 2. The minimum absolute atomic E-state index is 0.290. The maximum atomic E-state index is 10.3. The Bertz CT molecular complexity index is 302. The van der Waals surface area contributed by atoms with Gasteiger partial charge >= 0.3 is 0 Å². The predicted octanol–water partition coefficient (Wildman–Crippen LogP) is 1.54. The molecule has 1 aliphatic heterocycles. The largest absolute Gasteiger partial charge is 0.387 e. The summed E-state index contributed by atoms with van der Waals surface area (Å²) in [6.07, 6.45) is 3.91. The van der Waals surface area contributed by atoms with Crippen LogP contribution in [0.2, 0.25) is 0 Å². The fourth-order valence-corrected chi connectivity index (χ4v) is 2.39. The van der Waals surface area contributed by atoms with Crippen molar-refractivity contribution in [2.24, 2.45) is 5.92 Å². The third-order valence-corrected chi connectivity index (χ3v) is 3.34. The molecule has 0 aliphatic carbocycles. The van der Waals surface area contributed by atoms with E-state index in [1.807, 2.05) is 18.3 Å².